The number of aromatic nitrogens is 4. The number of aromatic amines is 1. The zero-order chi connectivity index (χ0) is 26.9. The fraction of sp³-hybridized carbons (Fsp3) is 0.368. The number of hydrogen-bond acceptors (Lipinski definition) is 13. The average Bonchev–Trinajstić information content (AvgIpc) is 3.31. The number of carboxylic acids is 1. The van der Waals surface area contributed by atoms with Crippen LogP contribution in [0.15, 0.2) is 36.6 Å². The van der Waals surface area contributed by atoms with Crippen molar-refractivity contribution in [2.24, 2.45) is 5.16 Å². The molecular formula is C19H20N8O7S3. The van der Waals surface area contributed by atoms with Crippen LogP contribution in [0.1, 0.15) is 12.6 Å². The van der Waals surface area contributed by atoms with E-state index in [0.29, 0.717) is 5.57 Å². The Kier molecular flexibility index (Phi) is 7.69. The smallest absolute Gasteiger partial charge is 0.352 e. The summed E-state index contributed by atoms with van der Waals surface area (Å²) in [5, 5.41) is 23.4. The number of nitrogen functional groups attached to an aromatic ring is 1. The number of nitrogens with one attached hydrogen (secondary N) is 2. The van der Waals surface area contributed by atoms with Gasteiger partial charge in [-0.15, -0.1) is 28.2 Å². The Morgan fingerprint density at radius 2 is 2.16 bits per heavy atom. The molecule has 1 fully saturated rings. The summed E-state index contributed by atoms with van der Waals surface area (Å²) >= 11 is 3.44. The van der Waals surface area contributed by atoms with Crippen molar-refractivity contribution in [3.8, 4) is 0 Å². The number of thioether (sulfide) groups is 2. The maximum Gasteiger partial charge on any atom is 0.352 e. The molecule has 4 heterocycles. The van der Waals surface area contributed by atoms with E-state index in [1.807, 2.05) is 0 Å². The standard InChI is InChI=1S/C19H20N8O7S3/c1-3-26-15(31)13(29)23-24-19(26)37-5-7-4-35-16-10(14(30)27(16)11(7)17(32)33)22-12(28)9(25-34-2)8-6-36-18(20)21-8/h6,10,16H,3-5H2,1-2H3,(H2,20,21)(H,22,28)(H,23,29)(H,32,33)/b25-9-/t10?,16-/m1/s1. The minimum absolute atomic E-state index is 0.108. The van der Waals surface area contributed by atoms with Gasteiger partial charge in [0.15, 0.2) is 16.0 Å². The number of oxime groups is 1. The van der Waals surface area contributed by atoms with E-state index in [-0.39, 0.29) is 45.4 Å². The van der Waals surface area contributed by atoms with Crippen molar-refractivity contribution in [1.29, 1.82) is 0 Å². The summed E-state index contributed by atoms with van der Waals surface area (Å²) < 4.78 is 1.18. The number of fused-ring (bicyclic) bond motifs is 1. The van der Waals surface area contributed by atoms with Gasteiger partial charge < -0.3 is 21.0 Å². The van der Waals surface area contributed by atoms with E-state index in [1.165, 1.54) is 28.8 Å². The highest BCUT2D eigenvalue weighted by atomic mass is 32.2. The van der Waals surface area contributed by atoms with Gasteiger partial charge in [-0.1, -0.05) is 16.9 Å². The number of carbonyl (C=O) groups is 3. The Morgan fingerprint density at radius 3 is 2.78 bits per heavy atom. The molecule has 2 aliphatic heterocycles. The number of rotatable bonds is 9. The lowest BCUT2D eigenvalue weighted by atomic mass is 10.0. The maximum absolute atomic E-state index is 13.0. The molecule has 0 bridgehead atoms. The van der Waals surface area contributed by atoms with Crippen molar-refractivity contribution in [1.82, 2.24) is 30.0 Å². The summed E-state index contributed by atoms with van der Waals surface area (Å²) in [4.78, 5) is 71.4. The molecule has 0 radical (unpaired) electrons. The number of anilines is 1. The summed E-state index contributed by atoms with van der Waals surface area (Å²) in [5.74, 6) is -2.28. The number of nitrogens with zero attached hydrogens (tertiary/aromatic N) is 5. The molecule has 37 heavy (non-hydrogen) atoms. The van der Waals surface area contributed by atoms with Crippen LogP contribution in [0, 0.1) is 0 Å². The molecule has 0 spiro atoms. The minimum atomic E-state index is -1.30. The summed E-state index contributed by atoms with van der Waals surface area (Å²) in [5.41, 5.74) is 4.24. The lowest BCUT2D eigenvalue weighted by molar-refractivity contribution is -0.150. The lowest BCUT2D eigenvalue weighted by Crippen LogP contribution is -2.71. The van der Waals surface area contributed by atoms with Gasteiger partial charge in [-0.2, -0.15) is 0 Å². The number of amides is 2. The molecule has 2 aromatic heterocycles. The van der Waals surface area contributed by atoms with E-state index in [9.17, 15) is 29.1 Å². The molecule has 0 aliphatic carbocycles. The van der Waals surface area contributed by atoms with E-state index in [1.54, 1.807) is 6.92 Å². The third-order valence-electron chi connectivity index (χ3n) is 5.31. The zero-order valence-electron chi connectivity index (χ0n) is 19.3. The third-order valence-corrected chi connectivity index (χ3v) is 8.39. The van der Waals surface area contributed by atoms with Crippen LogP contribution in [0.5, 0.6) is 0 Å². The van der Waals surface area contributed by atoms with Gasteiger partial charge in [0, 0.05) is 23.4 Å². The van der Waals surface area contributed by atoms with Crippen molar-refractivity contribution >= 4 is 63.5 Å². The number of hydrogen-bond donors (Lipinski definition) is 4. The summed E-state index contributed by atoms with van der Waals surface area (Å²) in [6.07, 6.45) is 0. The largest absolute Gasteiger partial charge is 0.477 e. The second kappa shape index (κ2) is 10.8. The molecule has 0 aromatic carbocycles. The molecule has 2 atom stereocenters. The first kappa shape index (κ1) is 26.4. The van der Waals surface area contributed by atoms with Crippen molar-refractivity contribution in [2.45, 2.75) is 30.0 Å². The van der Waals surface area contributed by atoms with E-state index < -0.39 is 40.3 Å². The fourth-order valence-corrected chi connectivity index (χ4v) is 6.70. The number of nitrogens with two attached hydrogens (primary N) is 1. The van der Waals surface area contributed by atoms with Crippen LogP contribution in [0.2, 0.25) is 0 Å². The molecule has 0 saturated carbocycles. The van der Waals surface area contributed by atoms with Crippen LogP contribution in [0.4, 0.5) is 5.13 Å². The summed E-state index contributed by atoms with van der Waals surface area (Å²) in [6, 6.07) is -0.995. The molecule has 1 unspecified atom stereocenters. The molecular weight excluding hydrogens is 548 g/mol. The predicted molar refractivity (Wildman–Crippen MR) is 135 cm³/mol. The number of carbonyl (C=O) groups excluding carboxylic acids is 2. The molecule has 196 valence electrons. The summed E-state index contributed by atoms with van der Waals surface area (Å²) in [7, 11) is 1.25. The van der Waals surface area contributed by atoms with Crippen LogP contribution in [-0.4, -0.2) is 83.3 Å². The Labute approximate surface area is 220 Å². The van der Waals surface area contributed by atoms with Gasteiger partial charge in [-0.3, -0.25) is 28.6 Å². The first-order chi connectivity index (χ1) is 17.7. The highest BCUT2D eigenvalue weighted by molar-refractivity contribution is 8.01. The minimum Gasteiger partial charge on any atom is -0.477 e. The first-order valence-corrected chi connectivity index (χ1v) is 13.4. The van der Waals surface area contributed by atoms with Crippen LogP contribution in [0.25, 0.3) is 0 Å². The van der Waals surface area contributed by atoms with Gasteiger partial charge in [0.25, 0.3) is 11.8 Å². The third kappa shape index (κ3) is 4.98. The van der Waals surface area contributed by atoms with Gasteiger partial charge in [0.1, 0.15) is 29.9 Å². The molecule has 2 amide bonds. The molecule has 1 saturated heterocycles. The normalized spacial score (nSPS) is 19.4. The SMILES string of the molecule is CCn1c(SCC2=C(C(=O)O)N3C(=O)C(NC(=O)/C(=N\OC)c4csc(N)n4)[C@H]3SC2)n[nH]c(=O)c1=O. The number of thiazole rings is 1. The van der Waals surface area contributed by atoms with Crippen LogP contribution in [0.3, 0.4) is 0 Å². The monoisotopic (exact) mass is 568 g/mol. The second-order valence-corrected chi connectivity index (χ2v) is 10.4. The molecule has 2 aliphatic rings. The lowest BCUT2D eigenvalue weighted by Gasteiger charge is -2.49. The van der Waals surface area contributed by atoms with Crippen molar-refractivity contribution < 1.29 is 24.3 Å². The van der Waals surface area contributed by atoms with Crippen molar-refractivity contribution in [3.63, 3.8) is 0 Å². The Bertz CT molecular complexity index is 1450. The average molecular weight is 569 g/mol. The molecule has 15 nitrogen and oxygen atoms in total. The summed E-state index contributed by atoms with van der Waals surface area (Å²) in [6.45, 7) is 1.88. The number of carboxylic acid groups (broad SMARTS) is 1. The predicted octanol–water partition coefficient (Wildman–Crippen LogP) is -1.13. The second-order valence-electron chi connectivity index (χ2n) is 7.49. The first-order valence-electron chi connectivity index (χ1n) is 10.5. The van der Waals surface area contributed by atoms with Crippen LogP contribution < -0.4 is 22.2 Å². The van der Waals surface area contributed by atoms with Gasteiger partial charge in [-0.05, 0) is 12.5 Å². The Balaban J connectivity index is 1.52. The van der Waals surface area contributed by atoms with Gasteiger partial charge in [0.05, 0.1) is 0 Å². The highest BCUT2D eigenvalue weighted by Gasteiger charge is 2.54. The van der Waals surface area contributed by atoms with Crippen LogP contribution in [-0.2, 0) is 25.8 Å². The number of aliphatic carboxylic acids is 1. The maximum atomic E-state index is 13.0. The van der Waals surface area contributed by atoms with Crippen molar-refractivity contribution in [2.75, 3.05) is 24.3 Å². The quantitative estimate of drug-likeness (QED) is 0.0929. The highest BCUT2D eigenvalue weighted by Crippen LogP contribution is 2.41. The zero-order valence-corrected chi connectivity index (χ0v) is 21.7. The van der Waals surface area contributed by atoms with E-state index >= 15 is 0 Å². The number of β-lactam (4-membered cyclic amide) rings is 1. The van der Waals surface area contributed by atoms with E-state index in [4.69, 9.17) is 10.6 Å². The molecule has 4 rings (SSSR count). The molecule has 2 aromatic rings. The van der Waals surface area contributed by atoms with Gasteiger partial charge in [-0.25, -0.2) is 14.9 Å². The van der Waals surface area contributed by atoms with Gasteiger partial charge >= 0.3 is 17.1 Å². The fourth-order valence-electron chi connectivity index (χ4n) is 3.65. The topological polar surface area (TPSA) is 215 Å². The Hall–Kier alpha value is -3.64. The van der Waals surface area contributed by atoms with Crippen molar-refractivity contribution in [3.05, 3.63) is 43.1 Å². The van der Waals surface area contributed by atoms with Crippen LogP contribution >= 0.6 is 34.9 Å². The molecule has 5 N–H and O–H groups in total. The van der Waals surface area contributed by atoms with E-state index in [0.717, 1.165) is 28.0 Å². The Morgan fingerprint density at radius 1 is 1.41 bits per heavy atom. The van der Waals surface area contributed by atoms with Gasteiger partial charge in [0.2, 0.25) is 0 Å². The van der Waals surface area contributed by atoms with E-state index in [2.05, 4.69) is 25.7 Å². The molecule has 18 heteroatoms. The number of H-pyrrole nitrogens is 1.